The van der Waals surface area contributed by atoms with E-state index < -0.39 is 21.5 Å². The third kappa shape index (κ3) is 3.89. The number of halogens is 3. The van der Waals surface area contributed by atoms with Crippen molar-refractivity contribution >= 4 is 15.8 Å². The van der Waals surface area contributed by atoms with Crippen LogP contribution in [0.25, 0.3) is 6.08 Å². The van der Waals surface area contributed by atoms with Crippen molar-refractivity contribution in [2.45, 2.75) is 11.2 Å². The monoisotopic (exact) mass is 342 g/mol. The van der Waals surface area contributed by atoms with Crippen LogP contribution in [0.1, 0.15) is 11.1 Å². The minimum atomic E-state index is -4.54. The molecule has 0 radical (unpaired) electrons. The summed E-state index contributed by atoms with van der Waals surface area (Å²) in [6.45, 7) is 0. The molecule has 0 aliphatic carbocycles. The Morgan fingerprint density at radius 1 is 1.22 bits per heavy atom. The predicted octanol–water partition coefficient (Wildman–Crippen LogP) is 4.19. The van der Waals surface area contributed by atoms with E-state index >= 15 is 0 Å². The van der Waals surface area contributed by atoms with Crippen molar-refractivity contribution < 1.29 is 22.1 Å². The first-order valence-corrected chi connectivity index (χ1v) is 8.00. The molecule has 23 heavy (non-hydrogen) atoms. The maximum Gasteiger partial charge on any atom is 0.416 e. The van der Waals surface area contributed by atoms with Gasteiger partial charge in [0, 0.05) is 11.6 Å². The van der Waals surface area contributed by atoms with Crippen molar-refractivity contribution in [3.8, 4) is 5.75 Å². The molecule has 1 heterocycles. The number of nitrogens with zero attached hydrogens (tertiary/aromatic N) is 1. The van der Waals surface area contributed by atoms with E-state index in [0.29, 0.717) is 0 Å². The molecule has 0 aliphatic rings. The number of rotatable bonds is 4. The topological polar surface area (TPSA) is 63.0 Å². The zero-order valence-corrected chi connectivity index (χ0v) is 12.8. The molecule has 1 unspecified atom stereocenters. The van der Waals surface area contributed by atoms with Crippen LogP contribution < -0.4 is 4.74 Å². The number of ether oxygens (including phenoxy) is 1. The van der Waals surface area contributed by atoms with Crippen LogP contribution in [0.4, 0.5) is 13.2 Å². The Labute approximate surface area is 131 Å². The molecule has 0 saturated carbocycles. The highest BCUT2D eigenvalue weighted by atomic mass is 32.2. The van der Waals surface area contributed by atoms with Crippen molar-refractivity contribution in [1.29, 1.82) is 4.78 Å². The number of alkyl halides is 3. The summed E-state index contributed by atoms with van der Waals surface area (Å²) < 4.78 is 64.1. The molecule has 1 aromatic carbocycles. The fourth-order valence-corrected chi connectivity index (χ4v) is 3.03. The smallest absolute Gasteiger partial charge is 0.416 e. The van der Waals surface area contributed by atoms with Crippen LogP contribution in [0.5, 0.6) is 5.75 Å². The van der Waals surface area contributed by atoms with Gasteiger partial charge in [-0.15, -0.1) is 0 Å². The number of methoxy groups -OCH3 is 1. The van der Waals surface area contributed by atoms with E-state index in [-0.39, 0.29) is 16.3 Å². The van der Waals surface area contributed by atoms with Crippen molar-refractivity contribution in [3.63, 3.8) is 0 Å². The number of pyridine rings is 1. The molecule has 0 spiro atoms. The van der Waals surface area contributed by atoms with Crippen molar-refractivity contribution in [1.82, 2.24) is 4.98 Å². The van der Waals surface area contributed by atoms with Gasteiger partial charge in [0.2, 0.25) is 0 Å². The normalized spacial score (nSPS) is 14.6. The molecule has 2 aromatic rings. The van der Waals surface area contributed by atoms with E-state index in [1.807, 2.05) is 0 Å². The maximum atomic E-state index is 12.9. The zero-order chi connectivity index (χ0) is 17.1. The lowest BCUT2D eigenvalue weighted by molar-refractivity contribution is -0.137. The number of hydrogen-bond acceptors (Lipinski definition) is 4. The van der Waals surface area contributed by atoms with Crippen molar-refractivity contribution in [3.05, 3.63) is 59.1 Å². The number of nitrogens with one attached hydrogen (secondary N) is 1. The molecule has 4 nitrogen and oxygen atoms in total. The lowest BCUT2D eigenvalue weighted by Gasteiger charge is -2.10. The SMILES string of the molecule is COc1cccnc1S(=N)(=O)/C=C/c1ccccc1C(F)(F)F. The van der Waals surface area contributed by atoms with Crippen LogP contribution in [0.2, 0.25) is 0 Å². The molecule has 1 aromatic heterocycles. The Kier molecular flexibility index (Phi) is 4.74. The van der Waals surface area contributed by atoms with E-state index in [1.165, 1.54) is 37.6 Å². The van der Waals surface area contributed by atoms with E-state index in [4.69, 9.17) is 9.52 Å². The molecule has 122 valence electrons. The van der Waals surface area contributed by atoms with Crippen LogP contribution in [0.15, 0.2) is 53.0 Å². The summed E-state index contributed by atoms with van der Waals surface area (Å²) in [5.74, 6) is 0.140. The molecule has 8 heteroatoms. The molecule has 0 saturated heterocycles. The second kappa shape index (κ2) is 6.41. The van der Waals surface area contributed by atoms with Gasteiger partial charge in [0.1, 0.15) is 9.73 Å². The number of hydrogen-bond donors (Lipinski definition) is 1. The third-order valence-corrected chi connectivity index (χ3v) is 4.35. The summed E-state index contributed by atoms with van der Waals surface area (Å²) in [6.07, 6.45) is -2.18. The molecule has 1 atom stereocenters. The summed E-state index contributed by atoms with van der Waals surface area (Å²) >= 11 is 0. The van der Waals surface area contributed by atoms with Crippen molar-refractivity contribution in [2.24, 2.45) is 0 Å². The minimum absolute atomic E-state index is 0.136. The highest BCUT2D eigenvalue weighted by Crippen LogP contribution is 2.33. The average molecular weight is 342 g/mol. The Morgan fingerprint density at radius 3 is 2.57 bits per heavy atom. The highest BCUT2D eigenvalue weighted by molar-refractivity contribution is 7.95. The summed E-state index contributed by atoms with van der Waals surface area (Å²) in [5, 5.41) is 0.769. The van der Waals surface area contributed by atoms with Gasteiger partial charge in [-0.05, 0) is 29.8 Å². The summed E-state index contributed by atoms with van der Waals surface area (Å²) in [5.41, 5.74) is -1.03. The largest absolute Gasteiger partial charge is 0.494 e. The quantitative estimate of drug-likeness (QED) is 0.906. The molecule has 0 aliphatic heterocycles. The highest BCUT2D eigenvalue weighted by Gasteiger charge is 2.32. The Bertz CT molecular complexity index is 831. The van der Waals surface area contributed by atoms with E-state index in [1.54, 1.807) is 6.07 Å². The first-order chi connectivity index (χ1) is 10.8. The fraction of sp³-hybridized carbons (Fsp3) is 0.133. The lowest BCUT2D eigenvalue weighted by Crippen LogP contribution is -2.07. The Balaban J connectivity index is 2.45. The molecular formula is C15H13F3N2O2S. The van der Waals surface area contributed by atoms with Gasteiger partial charge >= 0.3 is 6.18 Å². The molecule has 0 amide bonds. The molecular weight excluding hydrogens is 329 g/mol. The Hall–Kier alpha value is -2.35. The Morgan fingerprint density at radius 2 is 1.91 bits per heavy atom. The first kappa shape index (κ1) is 17.0. The zero-order valence-electron chi connectivity index (χ0n) is 12.0. The molecule has 2 rings (SSSR count). The predicted molar refractivity (Wildman–Crippen MR) is 80.4 cm³/mol. The van der Waals surface area contributed by atoms with Gasteiger partial charge in [0.15, 0.2) is 10.8 Å². The van der Waals surface area contributed by atoms with Gasteiger partial charge in [-0.3, -0.25) is 0 Å². The molecule has 1 N–H and O–H groups in total. The minimum Gasteiger partial charge on any atom is -0.494 e. The first-order valence-electron chi connectivity index (χ1n) is 6.38. The fourth-order valence-electron chi connectivity index (χ4n) is 1.89. The third-order valence-electron chi connectivity index (χ3n) is 2.95. The van der Waals surface area contributed by atoms with Crippen LogP contribution in [0.3, 0.4) is 0 Å². The van der Waals surface area contributed by atoms with Gasteiger partial charge < -0.3 is 4.74 Å². The average Bonchev–Trinajstić information content (AvgIpc) is 2.52. The van der Waals surface area contributed by atoms with Gasteiger partial charge in [-0.25, -0.2) is 14.0 Å². The van der Waals surface area contributed by atoms with Crippen LogP contribution in [0, 0.1) is 4.78 Å². The second-order valence-electron chi connectivity index (χ2n) is 4.50. The number of benzene rings is 1. The van der Waals surface area contributed by atoms with E-state index in [9.17, 15) is 17.4 Å². The van der Waals surface area contributed by atoms with Crippen LogP contribution >= 0.6 is 0 Å². The molecule has 0 fully saturated rings. The summed E-state index contributed by atoms with van der Waals surface area (Å²) in [4.78, 5) is 3.84. The molecule has 0 bridgehead atoms. The van der Waals surface area contributed by atoms with Crippen molar-refractivity contribution in [2.75, 3.05) is 7.11 Å². The van der Waals surface area contributed by atoms with E-state index in [0.717, 1.165) is 17.6 Å². The van der Waals surface area contributed by atoms with Crippen LogP contribution in [-0.2, 0) is 15.9 Å². The summed E-state index contributed by atoms with van der Waals surface area (Å²) in [6, 6.07) is 7.88. The number of aromatic nitrogens is 1. The van der Waals surface area contributed by atoms with Gasteiger partial charge in [0.25, 0.3) is 0 Å². The maximum absolute atomic E-state index is 12.9. The summed E-state index contributed by atoms with van der Waals surface area (Å²) in [7, 11) is -2.22. The van der Waals surface area contributed by atoms with Gasteiger partial charge in [0.05, 0.1) is 12.7 Å². The van der Waals surface area contributed by atoms with Gasteiger partial charge in [-0.2, -0.15) is 13.2 Å². The van der Waals surface area contributed by atoms with E-state index in [2.05, 4.69) is 4.98 Å². The van der Waals surface area contributed by atoms with Crippen LogP contribution in [-0.4, -0.2) is 16.3 Å². The second-order valence-corrected chi connectivity index (χ2v) is 6.36. The lowest BCUT2D eigenvalue weighted by atomic mass is 10.1. The standard InChI is InChI=1S/C15H13F3N2O2S/c1-22-13-7-4-9-20-14(13)23(19,21)10-8-11-5-2-3-6-12(11)15(16,17)18/h2-10,19H,1H3/b10-8+. The van der Waals surface area contributed by atoms with Gasteiger partial charge in [-0.1, -0.05) is 18.2 Å².